The van der Waals surface area contributed by atoms with Gasteiger partial charge in [-0.1, -0.05) is 80.6 Å². The van der Waals surface area contributed by atoms with Crippen LogP contribution < -0.4 is 5.32 Å². The molecule has 1 N–H and O–H groups in total. The van der Waals surface area contributed by atoms with E-state index < -0.39 is 0 Å². The van der Waals surface area contributed by atoms with Crippen LogP contribution in [-0.4, -0.2) is 10.9 Å². The third-order valence-electron chi connectivity index (χ3n) is 4.73. The topological polar surface area (TPSA) is 42.0 Å². The van der Waals surface area contributed by atoms with Crippen molar-refractivity contribution in [1.29, 1.82) is 0 Å². The molecule has 0 saturated heterocycles. The van der Waals surface area contributed by atoms with E-state index in [0.29, 0.717) is 10.7 Å². The lowest BCUT2D eigenvalue weighted by molar-refractivity contribution is 0.102. The van der Waals surface area contributed by atoms with E-state index in [1.165, 1.54) is 16.9 Å². The lowest BCUT2D eigenvalue weighted by Gasteiger charge is -2.18. The molecule has 0 unspecified atom stereocenters. The van der Waals surface area contributed by atoms with Crippen LogP contribution in [-0.2, 0) is 5.41 Å². The normalized spacial score (nSPS) is 11.5. The number of rotatable bonds is 3. The molecule has 0 atom stereocenters. The Morgan fingerprint density at radius 1 is 0.893 bits per heavy atom. The Morgan fingerprint density at radius 2 is 1.57 bits per heavy atom. The zero-order chi connectivity index (χ0) is 19.7. The highest BCUT2D eigenvalue weighted by Crippen LogP contribution is 2.31. The smallest absolute Gasteiger partial charge is 0.257 e. The van der Waals surface area contributed by atoms with Gasteiger partial charge in [0.25, 0.3) is 5.91 Å². The number of fused-ring (bicyclic) bond motifs is 1. The van der Waals surface area contributed by atoms with Crippen LogP contribution in [0.25, 0.3) is 21.3 Å². The first-order valence-corrected chi connectivity index (χ1v) is 10.1. The van der Waals surface area contributed by atoms with E-state index in [2.05, 4.69) is 55.3 Å². The number of amides is 1. The van der Waals surface area contributed by atoms with E-state index in [9.17, 15) is 4.79 Å². The summed E-state index contributed by atoms with van der Waals surface area (Å²) < 4.78 is 1.09. The Bertz CT molecular complexity index is 1120. The van der Waals surface area contributed by atoms with Crippen LogP contribution in [0.2, 0.25) is 0 Å². The second kappa shape index (κ2) is 7.21. The fraction of sp³-hybridized carbons (Fsp3) is 0.167. The molecule has 0 spiro atoms. The molecule has 4 aromatic rings. The minimum atomic E-state index is -0.144. The summed E-state index contributed by atoms with van der Waals surface area (Å²) in [5.41, 5.74) is 5.10. The van der Waals surface area contributed by atoms with E-state index in [-0.39, 0.29) is 11.3 Å². The summed E-state index contributed by atoms with van der Waals surface area (Å²) in [6, 6.07) is 24.1. The third kappa shape index (κ3) is 3.82. The predicted molar refractivity (Wildman–Crippen MR) is 118 cm³/mol. The molecule has 0 saturated carbocycles. The Balaban J connectivity index is 1.53. The monoisotopic (exact) mass is 386 g/mol. The summed E-state index contributed by atoms with van der Waals surface area (Å²) in [4.78, 5) is 17.2. The van der Waals surface area contributed by atoms with Crippen molar-refractivity contribution in [3.63, 3.8) is 0 Å². The van der Waals surface area contributed by atoms with Crippen LogP contribution in [0.4, 0.5) is 5.13 Å². The molecule has 0 aliphatic heterocycles. The fourth-order valence-corrected chi connectivity index (χ4v) is 3.96. The second-order valence-corrected chi connectivity index (χ2v) is 8.88. The van der Waals surface area contributed by atoms with Crippen molar-refractivity contribution in [2.24, 2.45) is 0 Å². The third-order valence-corrected chi connectivity index (χ3v) is 5.66. The highest BCUT2D eigenvalue weighted by atomic mass is 32.1. The number of nitrogens with zero attached hydrogens (tertiary/aromatic N) is 1. The first-order chi connectivity index (χ1) is 13.4. The van der Waals surface area contributed by atoms with Crippen molar-refractivity contribution in [1.82, 2.24) is 4.98 Å². The van der Waals surface area contributed by atoms with Crippen molar-refractivity contribution in [3.8, 4) is 11.1 Å². The molecule has 3 nitrogen and oxygen atoms in total. The summed E-state index contributed by atoms with van der Waals surface area (Å²) in [5, 5.41) is 3.56. The van der Waals surface area contributed by atoms with Gasteiger partial charge >= 0.3 is 0 Å². The lowest BCUT2D eigenvalue weighted by Crippen LogP contribution is -2.11. The Morgan fingerprint density at radius 3 is 2.25 bits per heavy atom. The van der Waals surface area contributed by atoms with E-state index in [1.54, 1.807) is 0 Å². The summed E-state index contributed by atoms with van der Waals surface area (Å²) in [7, 11) is 0. The van der Waals surface area contributed by atoms with Crippen LogP contribution in [0.1, 0.15) is 36.7 Å². The number of hydrogen-bond donors (Lipinski definition) is 1. The Hall–Kier alpha value is -2.98. The van der Waals surface area contributed by atoms with Crippen molar-refractivity contribution in [2.75, 3.05) is 5.32 Å². The zero-order valence-electron chi connectivity index (χ0n) is 16.2. The van der Waals surface area contributed by atoms with Gasteiger partial charge in [0, 0.05) is 5.56 Å². The molecule has 0 aliphatic rings. The molecule has 28 heavy (non-hydrogen) atoms. The van der Waals surface area contributed by atoms with Gasteiger partial charge in [-0.05, 0) is 46.4 Å². The van der Waals surface area contributed by atoms with Crippen LogP contribution in [0, 0.1) is 0 Å². The maximum Gasteiger partial charge on any atom is 0.257 e. The number of carbonyl (C=O) groups excluding carboxylic acids is 1. The van der Waals surface area contributed by atoms with Crippen molar-refractivity contribution in [3.05, 3.63) is 83.9 Å². The molecule has 1 aromatic heterocycles. The number of thiazole rings is 1. The average molecular weight is 387 g/mol. The van der Waals surface area contributed by atoms with E-state index in [0.717, 1.165) is 21.3 Å². The number of benzene rings is 3. The predicted octanol–water partition coefficient (Wildman–Crippen LogP) is 6.51. The van der Waals surface area contributed by atoms with Crippen LogP contribution in [0.5, 0.6) is 0 Å². The minimum Gasteiger partial charge on any atom is -0.298 e. The van der Waals surface area contributed by atoms with Gasteiger partial charge in [-0.15, -0.1) is 0 Å². The molecule has 0 bridgehead atoms. The largest absolute Gasteiger partial charge is 0.298 e. The molecule has 0 aliphatic carbocycles. The molecule has 3 aromatic carbocycles. The van der Waals surface area contributed by atoms with E-state index in [4.69, 9.17) is 0 Å². The molecule has 1 amide bonds. The van der Waals surface area contributed by atoms with Gasteiger partial charge in [0.05, 0.1) is 10.2 Å². The number of anilines is 1. The molecular weight excluding hydrogens is 364 g/mol. The van der Waals surface area contributed by atoms with Crippen molar-refractivity contribution in [2.45, 2.75) is 26.2 Å². The molecular formula is C24H22N2OS. The Labute approximate surface area is 169 Å². The summed E-state index contributed by atoms with van der Waals surface area (Å²) >= 11 is 1.51. The van der Waals surface area contributed by atoms with E-state index in [1.807, 2.05) is 48.5 Å². The highest BCUT2D eigenvalue weighted by Gasteiger charge is 2.16. The standard InChI is InChI=1S/C24H22N2OS/c1-24(2,3)19-13-14-20-21(15-19)28-23(25-20)26-22(27)18-11-9-17(10-12-18)16-7-5-4-6-8-16/h4-15H,1-3H3,(H,25,26,27). The highest BCUT2D eigenvalue weighted by molar-refractivity contribution is 7.22. The van der Waals surface area contributed by atoms with E-state index >= 15 is 0 Å². The summed E-state index contributed by atoms with van der Waals surface area (Å²) in [6.07, 6.45) is 0. The first kappa shape index (κ1) is 18.4. The van der Waals surface area contributed by atoms with Crippen molar-refractivity contribution < 1.29 is 4.79 Å². The molecule has 1 heterocycles. The maximum atomic E-state index is 12.6. The van der Waals surface area contributed by atoms with Gasteiger partial charge in [0.2, 0.25) is 0 Å². The van der Waals surface area contributed by atoms with Crippen LogP contribution >= 0.6 is 11.3 Å². The quantitative estimate of drug-likeness (QED) is 0.436. The number of hydrogen-bond acceptors (Lipinski definition) is 3. The SMILES string of the molecule is CC(C)(C)c1ccc2nc(NC(=O)c3ccc(-c4ccccc4)cc3)sc2c1. The van der Waals surface area contributed by atoms with Gasteiger partial charge in [-0.2, -0.15) is 0 Å². The average Bonchev–Trinajstić information content (AvgIpc) is 3.09. The number of nitrogens with one attached hydrogen (secondary N) is 1. The molecule has 0 fully saturated rings. The van der Waals surface area contributed by atoms with Gasteiger partial charge in [0.1, 0.15) is 0 Å². The minimum absolute atomic E-state index is 0.0854. The molecule has 140 valence electrons. The molecule has 4 rings (SSSR count). The van der Waals surface area contributed by atoms with Gasteiger partial charge in [0.15, 0.2) is 5.13 Å². The van der Waals surface area contributed by atoms with Crippen molar-refractivity contribution >= 4 is 32.6 Å². The fourth-order valence-electron chi connectivity index (χ4n) is 3.06. The lowest BCUT2D eigenvalue weighted by atomic mass is 9.87. The van der Waals surface area contributed by atoms with Crippen LogP contribution in [0.15, 0.2) is 72.8 Å². The number of carbonyl (C=O) groups is 1. The summed E-state index contributed by atoms with van der Waals surface area (Å²) in [6.45, 7) is 6.57. The maximum absolute atomic E-state index is 12.6. The second-order valence-electron chi connectivity index (χ2n) is 7.85. The first-order valence-electron chi connectivity index (χ1n) is 9.28. The Kier molecular flexibility index (Phi) is 4.73. The number of aromatic nitrogens is 1. The molecule has 4 heteroatoms. The zero-order valence-corrected chi connectivity index (χ0v) is 17.0. The van der Waals surface area contributed by atoms with Gasteiger partial charge in [-0.25, -0.2) is 4.98 Å². The van der Waals surface area contributed by atoms with Gasteiger partial charge < -0.3 is 0 Å². The summed E-state index contributed by atoms with van der Waals surface area (Å²) in [5.74, 6) is -0.144. The van der Waals surface area contributed by atoms with Gasteiger partial charge in [-0.3, -0.25) is 10.1 Å². The van der Waals surface area contributed by atoms with Crippen LogP contribution in [0.3, 0.4) is 0 Å². The molecule has 0 radical (unpaired) electrons.